The number of likely N-dealkylation sites (tertiary alicyclic amines) is 2. The number of carboxylic acids is 1. The third kappa shape index (κ3) is 5.35. The van der Waals surface area contributed by atoms with E-state index in [1.807, 2.05) is 43.0 Å². The number of ether oxygens (including phenoxy) is 1. The van der Waals surface area contributed by atoms with E-state index in [4.69, 9.17) is 27.9 Å². The van der Waals surface area contributed by atoms with E-state index in [0.717, 1.165) is 24.0 Å². The standard InChI is InChI=1S/C26H30Cl2N2O4/c1-16-3-5-18(6-4-16)25(31)29-12-9-19(10-13-29)30-14-11-20(15-22(30)26(32)33)34-23-8-7-21(27)17(2)24(23)28/h3-8,19-20,22H,9-15H2,1-2H3,(H,32,33)/t20-,22+/m0/s1. The first-order valence-electron chi connectivity index (χ1n) is 11.7. The topological polar surface area (TPSA) is 70.1 Å². The van der Waals surface area contributed by atoms with Gasteiger partial charge >= 0.3 is 5.97 Å². The molecule has 2 atom stereocenters. The van der Waals surface area contributed by atoms with Crippen molar-refractivity contribution in [3.05, 3.63) is 63.1 Å². The summed E-state index contributed by atoms with van der Waals surface area (Å²) in [5, 5.41) is 11.0. The first kappa shape index (κ1) is 24.8. The minimum absolute atomic E-state index is 0.0375. The molecule has 0 bridgehead atoms. The van der Waals surface area contributed by atoms with Gasteiger partial charge < -0.3 is 14.7 Å². The van der Waals surface area contributed by atoms with Gasteiger partial charge in [-0.1, -0.05) is 40.9 Å². The van der Waals surface area contributed by atoms with Gasteiger partial charge in [0.2, 0.25) is 0 Å². The fourth-order valence-electron chi connectivity index (χ4n) is 4.92. The highest BCUT2D eigenvalue weighted by atomic mass is 35.5. The Hall–Kier alpha value is -2.28. The van der Waals surface area contributed by atoms with E-state index in [9.17, 15) is 14.7 Å². The van der Waals surface area contributed by atoms with Crippen molar-refractivity contribution >= 4 is 35.1 Å². The lowest BCUT2D eigenvalue weighted by Gasteiger charge is -2.44. The lowest BCUT2D eigenvalue weighted by Crippen LogP contribution is -2.56. The number of carbonyl (C=O) groups excluding carboxylic acids is 1. The van der Waals surface area contributed by atoms with Crippen LogP contribution in [0.15, 0.2) is 36.4 Å². The highest BCUT2D eigenvalue weighted by molar-refractivity contribution is 6.36. The Bertz CT molecular complexity index is 1050. The average Bonchev–Trinajstić information content (AvgIpc) is 2.84. The zero-order chi connectivity index (χ0) is 24.4. The Balaban J connectivity index is 1.37. The molecule has 2 aromatic rings. The number of hydrogen-bond acceptors (Lipinski definition) is 4. The predicted octanol–water partition coefficient (Wildman–Crippen LogP) is 5.21. The summed E-state index contributed by atoms with van der Waals surface area (Å²) in [6, 6.07) is 10.6. The maximum Gasteiger partial charge on any atom is 0.321 e. The molecule has 2 saturated heterocycles. The quantitative estimate of drug-likeness (QED) is 0.604. The van der Waals surface area contributed by atoms with Crippen LogP contribution in [-0.4, -0.2) is 64.6 Å². The van der Waals surface area contributed by atoms with Gasteiger partial charge in [-0.25, -0.2) is 0 Å². The molecule has 2 fully saturated rings. The number of amides is 1. The fourth-order valence-corrected chi connectivity index (χ4v) is 5.34. The Kier molecular flexibility index (Phi) is 7.70. The van der Waals surface area contributed by atoms with Gasteiger partial charge in [0, 0.05) is 42.7 Å². The van der Waals surface area contributed by atoms with Gasteiger partial charge in [-0.2, -0.15) is 0 Å². The van der Waals surface area contributed by atoms with Gasteiger partial charge in [-0.15, -0.1) is 0 Å². The molecule has 2 aliphatic rings. The highest BCUT2D eigenvalue weighted by Crippen LogP contribution is 2.35. The second-order valence-electron chi connectivity index (χ2n) is 9.23. The number of benzene rings is 2. The minimum atomic E-state index is -0.843. The SMILES string of the molecule is Cc1ccc(C(=O)N2CCC(N3CC[C@H](Oc4ccc(Cl)c(C)c4Cl)C[C@@H]3C(=O)O)CC2)cc1. The van der Waals surface area contributed by atoms with E-state index in [2.05, 4.69) is 4.90 Å². The maximum atomic E-state index is 12.8. The van der Waals surface area contributed by atoms with Crippen molar-refractivity contribution in [2.45, 2.75) is 57.7 Å². The molecular formula is C26H30Cl2N2O4. The lowest BCUT2D eigenvalue weighted by atomic mass is 9.93. The summed E-state index contributed by atoms with van der Waals surface area (Å²) < 4.78 is 6.11. The smallest absolute Gasteiger partial charge is 0.321 e. The van der Waals surface area contributed by atoms with Crippen molar-refractivity contribution < 1.29 is 19.4 Å². The zero-order valence-electron chi connectivity index (χ0n) is 19.5. The van der Waals surface area contributed by atoms with Crippen molar-refractivity contribution in [2.75, 3.05) is 19.6 Å². The van der Waals surface area contributed by atoms with Crippen LogP contribution in [0.5, 0.6) is 5.75 Å². The Morgan fingerprint density at radius 2 is 1.65 bits per heavy atom. The van der Waals surface area contributed by atoms with Gasteiger partial charge in [-0.3, -0.25) is 14.5 Å². The Morgan fingerprint density at radius 3 is 2.29 bits per heavy atom. The number of carboxylic acid groups (broad SMARTS) is 1. The number of halogens is 2. The summed E-state index contributed by atoms with van der Waals surface area (Å²) in [5.41, 5.74) is 2.57. The molecule has 182 valence electrons. The maximum absolute atomic E-state index is 12.8. The third-order valence-corrected chi connectivity index (χ3v) is 7.86. The van der Waals surface area contributed by atoms with Crippen LogP contribution in [0.3, 0.4) is 0 Å². The second kappa shape index (κ2) is 10.5. The molecule has 0 aromatic heterocycles. The monoisotopic (exact) mass is 504 g/mol. The average molecular weight is 505 g/mol. The number of aliphatic carboxylic acids is 1. The summed E-state index contributed by atoms with van der Waals surface area (Å²) in [4.78, 5) is 28.9. The van der Waals surface area contributed by atoms with Crippen LogP contribution in [0.1, 0.15) is 47.2 Å². The van der Waals surface area contributed by atoms with E-state index in [1.165, 1.54) is 0 Å². The molecule has 0 unspecified atom stereocenters. The lowest BCUT2D eigenvalue weighted by molar-refractivity contribution is -0.148. The number of piperidine rings is 2. The molecular weight excluding hydrogens is 475 g/mol. The Labute approximate surface area is 210 Å². The number of carbonyl (C=O) groups is 2. The largest absolute Gasteiger partial charge is 0.489 e. The molecule has 0 aliphatic carbocycles. The molecule has 2 aromatic carbocycles. The van der Waals surface area contributed by atoms with Crippen molar-refractivity contribution in [1.29, 1.82) is 0 Å². The second-order valence-corrected chi connectivity index (χ2v) is 10.0. The molecule has 0 spiro atoms. The summed E-state index contributed by atoms with van der Waals surface area (Å²) in [7, 11) is 0. The molecule has 0 radical (unpaired) electrons. The number of nitrogens with zero attached hydrogens (tertiary/aromatic N) is 2. The molecule has 34 heavy (non-hydrogen) atoms. The van der Waals surface area contributed by atoms with Crippen molar-refractivity contribution in [3.8, 4) is 5.75 Å². The van der Waals surface area contributed by atoms with Gasteiger partial charge in [0.25, 0.3) is 5.91 Å². The molecule has 2 aliphatic heterocycles. The van der Waals surface area contributed by atoms with Gasteiger partial charge in [0.15, 0.2) is 0 Å². The normalized spacial score (nSPS) is 21.9. The third-order valence-electron chi connectivity index (χ3n) is 6.98. The van der Waals surface area contributed by atoms with E-state index in [-0.39, 0.29) is 18.1 Å². The number of hydrogen-bond donors (Lipinski definition) is 1. The first-order chi connectivity index (χ1) is 16.2. The molecule has 0 saturated carbocycles. The van der Waals surface area contributed by atoms with Gasteiger partial charge in [-0.05, 0) is 62.9 Å². The number of aryl methyl sites for hydroxylation is 1. The first-order valence-corrected chi connectivity index (χ1v) is 12.5. The fraction of sp³-hybridized carbons (Fsp3) is 0.462. The summed E-state index contributed by atoms with van der Waals surface area (Å²) in [6.45, 7) is 5.70. The molecule has 4 rings (SSSR count). The van der Waals surface area contributed by atoms with Crippen LogP contribution in [0, 0.1) is 13.8 Å². The van der Waals surface area contributed by atoms with Crippen molar-refractivity contribution in [2.24, 2.45) is 0 Å². The highest BCUT2D eigenvalue weighted by Gasteiger charge is 2.39. The summed E-state index contributed by atoms with van der Waals surface area (Å²) in [6.07, 6.45) is 2.38. The van der Waals surface area contributed by atoms with Crippen LogP contribution < -0.4 is 4.74 Å². The summed E-state index contributed by atoms with van der Waals surface area (Å²) >= 11 is 12.5. The van der Waals surface area contributed by atoms with Crippen LogP contribution in [0.25, 0.3) is 0 Å². The Morgan fingerprint density at radius 1 is 0.971 bits per heavy atom. The van der Waals surface area contributed by atoms with E-state index in [0.29, 0.717) is 53.8 Å². The molecule has 8 heteroatoms. The zero-order valence-corrected chi connectivity index (χ0v) is 21.0. The molecule has 1 amide bonds. The van der Waals surface area contributed by atoms with Gasteiger partial charge in [0.1, 0.15) is 17.9 Å². The minimum Gasteiger partial charge on any atom is -0.489 e. The van der Waals surface area contributed by atoms with Crippen molar-refractivity contribution in [1.82, 2.24) is 9.80 Å². The van der Waals surface area contributed by atoms with E-state index >= 15 is 0 Å². The van der Waals surface area contributed by atoms with Crippen LogP contribution >= 0.6 is 23.2 Å². The number of rotatable bonds is 5. The molecule has 2 heterocycles. The van der Waals surface area contributed by atoms with E-state index < -0.39 is 12.0 Å². The van der Waals surface area contributed by atoms with Crippen LogP contribution in [-0.2, 0) is 4.79 Å². The van der Waals surface area contributed by atoms with Gasteiger partial charge in [0.05, 0.1) is 5.02 Å². The van der Waals surface area contributed by atoms with Crippen LogP contribution in [0.2, 0.25) is 10.0 Å². The van der Waals surface area contributed by atoms with Crippen molar-refractivity contribution in [3.63, 3.8) is 0 Å². The summed E-state index contributed by atoms with van der Waals surface area (Å²) in [5.74, 6) is -0.269. The predicted molar refractivity (Wildman–Crippen MR) is 133 cm³/mol. The molecule has 1 N–H and O–H groups in total. The van der Waals surface area contributed by atoms with E-state index in [1.54, 1.807) is 12.1 Å². The van der Waals surface area contributed by atoms with Crippen LogP contribution in [0.4, 0.5) is 0 Å². The molecule has 6 nitrogen and oxygen atoms in total.